The first-order valence-electron chi connectivity index (χ1n) is 16.4. The molecule has 1 aliphatic heterocycles. The van der Waals surface area contributed by atoms with E-state index in [2.05, 4.69) is 14.9 Å². The molecule has 6 rings (SSSR count). The summed E-state index contributed by atoms with van der Waals surface area (Å²) in [5.41, 5.74) is 3.91. The molecule has 2 aliphatic rings. The number of aliphatic carboxylic acids is 1. The normalized spacial score (nSPS) is 16.9. The number of benzene rings is 2. The molecule has 0 unspecified atom stereocenters. The molecule has 264 valence electrons. The van der Waals surface area contributed by atoms with Gasteiger partial charge in [-0.15, -0.1) is 0 Å². The van der Waals surface area contributed by atoms with Crippen LogP contribution in [0.3, 0.4) is 0 Å². The molecule has 0 saturated carbocycles. The van der Waals surface area contributed by atoms with Gasteiger partial charge < -0.3 is 19.7 Å². The second kappa shape index (κ2) is 14.2. The molecular formula is C37H38ClF3N4O5. The molecule has 1 aliphatic carbocycles. The first kappa shape index (κ1) is 35.6. The van der Waals surface area contributed by atoms with Crippen LogP contribution in [-0.2, 0) is 36.8 Å². The summed E-state index contributed by atoms with van der Waals surface area (Å²) in [5.74, 6) is -0.845. The Morgan fingerprint density at radius 3 is 2.36 bits per heavy atom. The van der Waals surface area contributed by atoms with Crippen molar-refractivity contribution in [1.82, 2.24) is 19.9 Å². The van der Waals surface area contributed by atoms with Gasteiger partial charge in [0.15, 0.2) is 5.69 Å². The number of halogens is 4. The molecule has 0 spiro atoms. The third-order valence-electron chi connectivity index (χ3n) is 9.32. The van der Waals surface area contributed by atoms with Crippen LogP contribution in [0.2, 0.25) is 5.02 Å². The molecule has 1 saturated heterocycles. The zero-order valence-electron chi connectivity index (χ0n) is 28.0. The molecular weight excluding hydrogens is 673 g/mol. The van der Waals surface area contributed by atoms with Crippen LogP contribution in [0.5, 0.6) is 11.8 Å². The molecule has 2 aromatic carbocycles. The van der Waals surface area contributed by atoms with Crippen molar-refractivity contribution in [2.75, 3.05) is 27.3 Å². The Morgan fingerprint density at radius 2 is 1.68 bits per heavy atom. The van der Waals surface area contributed by atoms with E-state index >= 15 is 0 Å². The van der Waals surface area contributed by atoms with Gasteiger partial charge in [0.1, 0.15) is 5.69 Å². The van der Waals surface area contributed by atoms with Gasteiger partial charge in [0.25, 0.3) is 0 Å². The fraction of sp³-hybridized carbons (Fsp3) is 0.405. The number of pyridine rings is 1. The van der Waals surface area contributed by atoms with Crippen LogP contribution in [0.25, 0.3) is 22.4 Å². The fourth-order valence-corrected chi connectivity index (χ4v) is 7.48. The molecule has 2 N–H and O–H groups in total. The number of ether oxygens (including phenoxy) is 2. The van der Waals surface area contributed by atoms with E-state index in [4.69, 9.17) is 31.2 Å². The molecule has 4 aromatic rings. The minimum atomic E-state index is -4.75. The highest BCUT2D eigenvalue weighted by Crippen LogP contribution is 2.45. The number of fused-ring (bicyclic) bond motifs is 1. The average molecular weight is 711 g/mol. The van der Waals surface area contributed by atoms with Crippen LogP contribution in [0.15, 0.2) is 48.5 Å². The topological polar surface area (TPSA) is 118 Å². The van der Waals surface area contributed by atoms with Crippen molar-refractivity contribution >= 4 is 17.6 Å². The summed E-state index contributed by atoms with van der Waals surface area (Å²) >= 11 is 7.09. The van der Waals surface area contributed by atoms with Crippen LogP contribution in [0.1, 0.15) is 65.9 Å². The Kier molecular flexibility index (Phi) is 10.1. The summed E-state index contributed by atoms with van der Waals surface area (Å²) in [6, 6.07) is 15.4. The van der Waals surface area contributed by atoms with Gasteiger partial charge in [-0.05, 0) is 67.7 Å². The summed E-state index contributed by atoms with van der Waals surface area (Å²) < 4.78 is 53.8. The van der Waals surface area contributed by atoms with Gasteiger partial charge in [-0.2, -0.15) is 13.2 Å². The Balaban J connectivity index is 1.28. The van der Waals surface area contributed by atoms with Gasteiger partial charge in [0, 0.05) is 42.7 Å². The van der Waals surface area contributed by atoms with E-state index in [9.17, 15) is 23.1 Å². The summed E-state index contributed by atoms with van der Waals surface area (Å²) in [6.45, 7) is 3.55. The number of likely N-dealkylation sites (tertiary alicyclic amines) is 1. The number of alkyl halides is 3. The highest BCUT2D eigenvalue weighted by atomic mass is 35.5. The SMILES string of the molecule is COc1nc(-c2cccc(-c3cccc4c3CC[C@@H]4Cc3nc(OC)c(CCCC(=O)O)nc3C(F)(F)F)c2Cl)ccc1CN1CC(C)(O)C1. The second-order valence-corrected chi connectivity index (χ2v) is 13.6. The molecule has 0 bridgehead atoms. The third kappa shape index (κ3) is 7.42. The summed E-state index contributed by atoms with van der Waals surface area (Å²) in [4.78, 5) is 26.0. The molecule has 9 nitrogen and oxygen atoms in total. The molecule has 3 heterocycles. The minimum Gasteiger partial charge on any atom is -0.481 e. The van der Waals surface area contributed by atoms with Gasteiger partial charge in [-0.1, -0.05) is 54.1 Å². The maximum atomic E-state index is 14.3. The van der Waals surface area contributed by atoms with Crippen molar-refractivity contribution in [3.8, 4) is 34.1 Å². The first-order chi connectivity index (χ1) is 23.8. The zero-order chi connectivity index (χ0) is 35.8. The number of nitrogens with zero attached hydrogens (tertiary/aromatic N) is 4. The number of hydrogen-bond donors (Lipinski definition) is 2. The third-order valence-corrected chi connectivity index (χ3v) is 9.73. The van der Waals surface area contributed by atoms with E-state index in [0.717, 1.165) is 27.8 Å². The predicted octanol–water partition coefficient (Wildman–Crippen LogP) is 7.14. The number of aliphatic hydroxyl groups is 1. The number of aryl methyl sites for hydroxylation is 1. The summed E-state index contributed by atoms with van der Waals surface area (Å²) in [6.07, 6.45) is -3.60. The van der Waals surface area contributed by atoms with Gasteiger partial charge >= 0.3 is 12.1 Å². The van der Waals surface area contributed by atoms with Gasteiger partial charge in [-0.3, -0.25) is 9.69 Å². The summed E-state index contributed by atoms with van der Waals surface area (Å²) in [5, 5.41) is 19.6. The van der Waals surface area contributed by atoms with Crippen LogP contribution in [0, 0.1) is 0 Å². The molecule has 1 fully saturated rings. The van der Waals surface area contributed by atoms with Crippen molar-refractivity contribution in [3.05, 3.63) is 87.3 Å². The Bertz CT molecular complexity index is 1910. The van der Waals surface area contributed by atoms with Crippen molar-refractivity contribution in [3.63, 3.8) is 0 Å². The lowest BCUT2D eigenvalue weighted by molar-refractivity contribution is -0.142. The van der Waals surface area contributed by atoms with E-state index in [1.54, 1.807) is 7.11 Å². The molecule has 13 heteroatoms. The fourth-order valence-electron chi connectivity index (χ4n) is 7.15. The number of rotatable bonds is 12. The maximum Gasteiger partial charge on any atom is 0.435 e. The van der Waals surface area contributed by atoms with E-state index in [-0.39, 0.29) is 48.9 Å². The van der Waals surface area contributed by atoms with E-state index in [1.807, 2.05) is 55.5 Å². The maximum absolute atomic E-state index is 14.3. The lowest BCUT2D eigenvalue weighted by atomic mass is 9.91. The Hall–Kier alpha value is -4.26. The van der Waals surface area contributed by atoms with Crippen LogP contribution >= 0.6 is 11.6 Å². The zero-order valence-corrected chi connectivity index (χ0v) is 28.7. The van der Waals surface area contributed by atoms with Crippen LogP contribution in [-0.4, -0.2) is 68.9 Å². The van der Waals surface area contributed by atoms with Crippen molar-refractivity contribution in [1.29, 1.82) is 0 Å². The van der Waals surface area contributed by atoms with E-state index < -0.39 is 23.4 Å². The highest BCUT2D eigenvalue weighted by Gasteiger charge is 2.39. The Labute approximate surface area is 293 Å². The van der Waals surface area contributed by atoms with Gasteiger partial charge in [-0.25, -0.2) is 15.0 Å². The molecule has 2 aromatic heterocycles. The number of aromatic nitrogens is 3. The van der Waals surface area contributed by atoms with E-state index in [1.165, 1.54) is 7.11 Å². The molecule has 1 atom stereocenters. The lowest BCUT2D eigenvalue weighted by Crippen LogP contribution is -2.59. The molecule has 0 amide bonds. The lowest BCUT2D eigenvalue weighted by Gasteiger charge is -2.44. The number of carboxylic acids is 1. The van der Waals surface area contributed by atoms with Crippen LogP contribution < -0.4 is 9.47 Å². The van der Waals surface area contributed by atoms with Crippen LogP contribution in [0.4, 0.5) is 13.2 Å². The van der Waals surface area contributed by atoms with Gasteiger partial charge in [0.05, 0.1) is 36.2 Å². The average Bonchev–Trinajstić information content (AvgIpc) is 3.46. The number of carbonyl (C=O) groups is 1. The van der Waals surface area contributed by atoms with Crippen molar-refractivity contribution in [2.24, 2.45) is 0 Å². The smallest absolute Gasteiger partial charge is 0.435 e. The van der Waals surface area contributed by atoms with Crippen molar-refractivity contribution < 1.29 is 37.7 Å². The Morgan fingerprint density at radius 1 is 0.980 bits per heavy atom. The predicted molar refractivity (Wildman–Crippen MR) is 181 cm³/mol. The quantitative estimate of drug-likeness (QED) is 0.158. The number of methoxy groups -OCH3 is 2. The first-order valence-corrected chi connectivity index (χ1v) is 16.8. The standard InChI is InChI=1S/C37H38ClF3N4O5/c1-36(48)19-45(20-36)18-22-14-16-28(43-34(22)49-2)27-10-5-9-26(32(27)38)24-8-4-7-23-21(13-15-25(23)24)17-30-33(37(39,40)41)42-29(35(44-30)50-3)11-6-12-31(46)47/h4-5,7-10,14,16,21,48H,6,11-13,15,17-20H2,1-3H3,(H,46,47)/t21-/m1/s1. The van der Waals surface area contributed by atoms with Gasteiger partial charge in [0.2, 0.25) is 11.8 Å². The second-order valence-electron chi connectivity index (χ2n) is 13.2. The van der Waals surface area contributed by atoms with E-state index in [0.29, 0.717) is 54.6 Å². The summed E-state index contributed by atoms with van der Waals surface area (Å²) in [7, 11) is 2.89. The van der Waals surface area contributed by atoms with Crippen molar-refractivity contribution in [2.45, 2.75) is 69.7 Å². The molecule has 50 heavy (non-hydrogen) atoms. The minimum absolute atomic E-state index is 0.00285. The monoisotopic (exact) mass is 710 g/mol. The molecule has 0 radical (unpaired) electrons. The highest BCUT2D eigenvalue weighted by molar-refractivity contribution is 6.36. The number of hydrogen-bond acceptors (Lipinski definition) is 8. The largest absolute Gasteiger partial charge is 0.481 e. The number of carboxylic acid groups (broad SMARTS) is 1. The number of β-amino-alcohol motifs (C(OH)–C–C–N with tert-alkyl or cyclic N) is 1.